The molecule has 0 aromatic heterocycles. The van der Waals surface area contributed by atoms with Crippen LogP contribution in [0.15, 0.2) is 18.2 Å². The lowest BCUT2D eigenvalue weighted by atomic mass is 9.96. The van der Waals surface area contributed by atoms with E-state index in [4.69, 9.17) is 5.26 Å². The molecule has 0 fully saturated rings. The molecule has 0 saturated heterocycles. The second-order valence-electron chi connectivity index (χ2n) is 4.73. The fraction of sp³-hybridized carbons (Fsp3) is 0.462. The fourth-order valence-electron chi connectivity index (χ4n) is 1.41. The Balaban J connectivity index is 2.56. The van der Waals surface area contributed by atoms with Gasteiger partial charge in [-0.2, -0.15) is 5.26 Å². The minimum Gasteiger partial charge on any atom is -0.508 e. The number of nitriles is 1. The first-order chi connectivity index (χ1) is 7.44. The zero-order valence-corrected chi connectivity index (χ0v) is 10.0. The average Bonchev–Trinajstić information content (AvgIpc) is 2.23. The highest BCUT2D eigenvalue weighted by atomic mass is 16.3. The standard InChI is InChI=1S/C13H18N2O/c1-10-4-5-12(16)11(6-10)7-15-9-13(2,3)8-14/h4-6,15-16H,7,9H2,1-3H3. The Morgan fingerprint density at radius 3 is 2.75 bits per heavy atom. The Kier molecular flexibility index (Phi) is 3.92. The SMILES string of the molecule is Cc1ccc(O)c(CNCC(C)(C)C#N)c1. The van der Waals surface area contributed by atoms with Crippen molar-refractivity contribution in [3.63, 3.8) is 0 Å². The van der Waals surface area contributed by atoms with Crippen LogP contribution in [0.2, 0.25) is 0 Å². The highest BCUT2D eigenvalue weighted by molar-refractivity contribution is 5.35. The highest BCUT2D eigenvalue weighted by Crippen LogP contribution is 2.18. The first-order valence-electron chi connectivity index (χ1n) is 5.35. The van der Waals surface area contributed by atoms with Crippen LogP contribution in [-0.2, 0) is 6.54 Å². The molecule has 16 heavy (non-hydrogen) atoms. The molecule has 0 spiro atoms. The summed E-state index contributed by atoms with van der Waals surface area (Å²) >= 11 is 0. The third kappa shape index (κ3) is 3.56. The molecule has 0 amide bonds. The van der Waals surface area contributed by atoms with Gasteiger partial charge in [0.15, 0.2) is 0 Å². The molecule has 86 valence electrons. The molecule has 1 aromatic rings. The normalized spacial score (nSPS) is 11.1. The topological polar surface area (TPSA) is 56.0 Å². The van der Waals surface area contributed by atoms with Crippen LogP contribution in [0, 0.1) is 23.7 Å². The number of benzene rings is 1. The van der Waals surface area contributed by atoms with Gasteiger partial charge in [-0.05, 0) is 26.8 Å². The zero-order valence-electron chi connectivity index (χ0n) is 10.0. The summed E-state index contributed by atoms with van der Waals surface area (Å²) in [5, 5.41) is 21.6. The summed E-state index contributed by atoms with van der Waals surface area (Å²) < 4.78 is 0. The predicted octanol–water partition coefficient (Wildman–Crippen LogP) is 2.34. The van der Waals surface area contributed by atoms with Crippen LogP contribution >= 0.6 is 0 Å². The van der Waals surface area contributed by atoms with Crippen LogP contribution in [0.25, 0.3) is 0 Å². The van der Waals surface area contributed by atoms with E-state index in [2.05, 4.69) is 11.4 Å². The van der Waals surface area contributed by atoms with Gasteiger partial charge in [0.1, 0.15) is 5.75 Å². The molecular formula is C13H18N2O. The molecule has 0 radical (unpaired) electrons. The molecule has 0 aliphatic carbocycles. The molecule has 3 heteroatoms. The number of phenolic OH excluding ortho intramolecular Hbond substituents is 1. The number of aromatic hydroxyl groups is 1. The smallest absolute Gasteiger partial charge is 0.120 e. The monoisotopic (exact) mass is 218 g/mol. The number of rotatable bonds is 4. The summed E-state index contributed by atoms with van der Waals surface area (Å²) in [6, 6.07) is 7.74. The van der Waals surface area contributed by atoms with Crippen molar-refractivity contribution in [2.24, 2.45) is 5.41 Å². The molecule has 0 aliphatic rings. The van der Waals surface area contributed by atoms with Crippen LogP contribution < -0.4 is 5.32 Å². The largest absolute Gasteiger partial charge is 0.508 e. The van der Waals surface area contributed by atoms with Gasteiger partial charge in [0.2, 0.25) is 0 Å². The van der Waals surface area contributed by atoms with Crippen molar-refractivity contribution in [3.8, 4) is 11.8 Å². The Hall–Kier alpha value is -1.53. The van der Waals surface area contributed by atoms with E-state index in [1.807, 2.05) is 32.9 Å². The highest BCUT2D eigenvalue weighted by Gasteiger charge is 2.15. The molecule has 0 atom stereocenters. The van der Waals surface area contributed by atoms with E-state index >= 15 is 0 Å². The van der Waals surface area contributed by atoms with Gasteiger partial charge in [0.25, 0.3) is 0 Å². The summed E-state index contributed by atoms with van der Waals surface area (Å²) in [4.78, 5) is 0. The van der Waals surface area contributed by atoms with Gasteiger partial charge in [-0.1, -0.05) is 17.7 Å². The van der Waals surface area contributed by atoms with Gasteiger partial charge in [0.05, 0.1) is 11.5 Å². The number of phenols is 1. The number of nitrogens with zero attached hydrogens (tertiary/aromatic N) is 1. The molecule has 0 saturated carbocycles. The van der Waals surface area contributed by atoms with Gasteiger partial charge in [0, 0.05) is 18.7 Å². The third-order valence-corrected chi connectivity index (χ3v) is 2.42. The zero-order chi connectivity index (χ0) is 12.2. The van der Waals surface area contributed by atoms with Crippen molar-refractivity contribution in [1.82, 2.24) is 5.32 Å². The third-order valence-electron chi connectivity index (χ3n) is 2.42. The van der Waals surface area contributed by atoms with Crippen molar-refractivity contribution >= 4 is 0 Å². The van der Waals surface area contributed by atoms with Gasteiger partial charge in [-0.3, -0.25) is 0 Å². The maximum Gasteiger partial charge on any atom is 0.120 e. The molecule has 0 unspecified atom stereocenters. The second kappa shape index (κ2) is 5.00. The van der Waals surface area contributed by atoms with E-state index < -0.39 is 0 Å². The second-order valence-corrected chi connectivity index (χ2v) is 4.73. The van der Waals surface area contributed by atoms with E-state index in [1.165, 1.54) is 0 Å². The van der Waals surface area contributed by atoms with Crippen molar-refractivity contribution < 1.29 is 5.11 Å². The van der Waals surface area contributed by atoms with E-state index in [1.54, 1.807) is 6.07 Å². The maximum absolute atomic E-state index is 9.62. The molecule has 0 aliphatic heterocycles. The first-order valence-corrected chi connectivity index (χ1v) is 5.35. The van der Waals surface area contributed by atoms with E-state index in [9.17, 15) is 5.11 Å². The van der Waals surface area contributed by atoms with E-state index in [0.29, 0.717) is 18.8 Å². The summed E-state index contributed by atoms with van der Waals surface area (Å²) in [6.07, 6.45) is 0. The van der Waals surface area contributed by atoms with Crippen molar-refractivity contribution in [2.45, 2.75) is 27.3 Å². The van der Waals surface area contributed by atoms with Crippen LogP contribution in [0.4, 0.5) is 0 Å². The number of hydrogen-bond donors (Lipinski definition) is 2. The lowest BCUT2D eigenvalue weighted by Crippen LogP contribution is -2.27. The van der Waals surface area contributed by atoms with Crippen LogP contribution in [0.1, 0.15) is 25.0 Å². The van der Waals surface area contributed by atoms with Crippen LogP contribution in [0.3, 0.4) is 0 Å². The van der Waals surface area contributed by atoms with Crippen molar-refractivity contribution in [3.05, 3.63) is 29.3 Å². The molecule has 0 heterocycles. The number of hydrogen-bond acceptors (Lipinski definition) is 3. The van der Waals surface area contributed by atoms with Crippen LogP contribution in [-0.4, -0.2) is 11.7 Å². The Bertz CT molecular complexity index is 405. The lowest BCUT2D eigenvalue weighted by Gasteiger charge is -2.16. The Morgan fingerprint density at radius 2 is 2.12 bits per heavy atom. The van der Waals surface area contributed by atoms with Gasteiger partial charge in [-0.15, -0.1) is 0 Å². The predicted molar refractivity (Wildman–Crippen MR) is 63.9 cm³/mol. The summed E-state index contributed by atoms with van der Waals surface area (Å²) in [5.74, 6) is 0.299. The minimum absolute atomic E-state index is 0.299. The Labute approximate surface area is 96.7 Å². The number of aryl methyl sites for hydroxylation is 1. The van der Waals surface area contributed by atoms with E-state index in [-0.39, 0.29) is 5.41 Å². The average molecular weight is 218 g/mol. The molecule has 0 bridgehead atoms. The van der Waals surface area contributed by atoms with Crippen molar-refractivity contribution in [1.29, 1.82) is 5.26 Å². The van der Waals surface area contributed by atoms with Gasteiger partial charge in [-0.25, -0.2) is 0 Å². The molecule has 1 aromatic carbocycles. The summed E-state index contributed by atoms with van der Waals surface area (Å²) in [7, 11) is 0. The van der Waals surface area contributed by atoms with Gasteiger partial charge < -0.3 is 10.4 Å². The molecular weight excluding hydrogens is 200 g/mol. The fourth-order valence-corrected chi connectivity index (χ4v) is 1.41. The first kappa shape index (κ1) is 12.5. The molecule has 1 rings (SSSR count). The summed E-state index contributed by atoms with van der Waals surface area (Å²) in [6.45, 7) is 6.95. The number of nitrogens with one attached hydrogen (secondary N) is 1. The Morgan fingerprint density at radius 1 is 1.44 bits per heavy atom. The van der Waals surface area contributed by atoms with Crippen molar-refractivity contribution in [2.75, 3.05) is 6.54 Å². The quantitative estimate of drug-likeness (QED) is 0.815. The summed E-state index contributed by atoms with van der Waals surface area (Å²) in [5.41, 5.74) is 1.61. The minimum atomic E-state index is -0.376. The maximum atomic E-state index is 9.62. The van der Waals surface area contributed by atoms with Gasteiger partial charge >= 0.3 is 0 Å². The molecule has 2 N–H and O–H groups in total. The lowest BCUT2D eigenvalue weighted by molar-refractivity contribution is 0.432. The van der Waals surface area contributed by atoms with Crippen LogP contribution in [0.5, 0.6) is 5.75 Å². The molecule has 3 nitrogen and oxygen atoms in total. The van der Waals surface area contributed by atoms with E-state index in [0.717, 1.165) is 11.1 Å².